The van der Waals surface area contributed by atoms with Crippen molar-refractivity contribution in [3.8, 4) is 0 Å². The first-order chi connectivity index (χ1) is 5.15. The SMILES string of the molecule is O=C1CC[C@@H]2C[C@]12C=C(Br)Br. The molecule has 0 bridgehead atoms. The van der Waals surface area contributed by atoms with Crippen LogP contribution in [-0.4, -0.2) is 5.78 Å². The zero-order valence-corrected chi connectivity index (χ0v) is 9.11. The summed E-state index contributed by atoms with van der Waals surface area (Å²) >= 11 is 6.60. The first kappa shape index (κ1) is 7.99. The summed E-state index contributed by atoms with van der Waals surface area (Å²) in [6, 6.07) is 0. The van der Waals surface area contributed by atoms with E-state index in [4.69, 9.17) is 0 Å². The minimum absolute atomic E-state index is 0.0532. The third-order valence-corrected chi connectivity index (χ3v) is 3.22. The molecular weight excluding hydrogens is 272 g/mol. The number of allylic oxidation sites excluding steroid dienone is 1. The Morgan fingerprint density at radius 1 is 1.64 bits per heavy atom. The van der Waals surface area contributed by atoms with Crippen LogP contribution in [0.3, 0.4) is 0 Å². The number of halogens is 2. The summed E-state index contributed by atoms with van der Waals surface area (Å²) in [5.74, 6) is 1.08. The lowest BCUT2D eigenvalue weighted by Crippen LogP contribution is -2.08. The van der Waals surface area contributed by atoms with E-state index in [0.29, 0.717) is 11.7 Å². The zero-order chi connectivity index (χ0) is 8.06. The second-order valence-electron chi connectivity index (χ2n) is 3.34. The third kappa shape index (κ3) is 1.13. The number of Topliss-reactive ketones (excluding diaryl/α,β-unsaturated/α-hetero) is 1. The van der Waals surface area contributed by atoms with Crippen molar-refractivity contribution in [1.82, 2.24) is 0 Å². The largest absolute Gasteiger partial charge is 0.299 e. The van der Waals surface area contributed by atoms with Crippen molar-refractivity contribution < 1.29 is 4.79 Å². The van der Waals surface area contributed by atoms with Crippen LogP contribution < -0.4 is 0 Å². The van der Waals surface area contributed by atoms with Gasteiger partial charge in [0.25, 0.3) is 0 Å². The standard InChI is InChI=1S/C8H8Br2O/c9-7(10)4-8-3-5(8)1-2-6(8)11/h4-5H,1-3H2/t5-,8-/m1/s1. The molecule has 0 saturated heterocycles. The van der Waals surface area contributed by atoms with E-state index < -0.39 is 0 Å². The fraction of sp³-hybridized carbons (Fsp3) is 0.625. The zero-order valence-electron chi connectivity index (χ0n) is 5.94. The lowest BCUT2D eigenvalue weighted by Gasteiger charge is -2.01. The van der Waals surface area contributed by atoms with Gasteiger partial charge in [0.2, 0.25) is 0 Å². The minimum atomic E-state index is -0.0532. The highest BCUT2D eigenvalue weighted by Crippen LogP contribution is 2.63. The van der Waals surface area contributed by atoms with Gasteiger partial charge < -0.3 is 0 Å². The van der Waals surface area contributed by atoms with Crippen LogP contribution in [-0.2, 0) is 4.79 Å². The molecule has 2 rings (SSSR count). The summed E-state index contributed by atoms with van der Waals surface area (Å²) in [5, 5.41) is 0. The molecule has 2 aliphatic rings. The number of carbonyl (C=O) groups is 1. The number of ketones is 1. The second kappa shape index (κ2) is 2.43. The van der Waals surface area contributed by atoms with Crippen LogP contribution in [0.2, 0.25) is 0 Å². The molecule has 1 nitrogen and oxygen atoms in total. The highest BCUT2D eigenvalue weighted by Gasteiger charge is 2.61. The first-order valence-corrected chi connectivity index (χ1v) is 5.31. The summed E-state index contributed by atoms with van der Waals surface area (Å²) < 4.78 is 0.919. The monoisotopic (exact) mass is 278 g/mol. The quantitative estimate of drug-likeness (QED) is 0.721. The number of carbonyl (C=O) groups excluding carboxylic acids is 1. The molecule has 0 aliphatic heterocycles. The van der Waals surface area contributed by atoms with Gasteiger partial charge >= 0.3 is 0 Å². The molecule has 0 heterocycles. The molecule has 2 atom stereocenters. The van der Waals surface area contributed by atoms with Crippen LogP contribution in [0.1, 0.15) is 19.3 Å². The van der Waals surface area contributed by atoms with Gasteiger partial charge in [-0.2, -0.15) is 0 Å². The number of fused-ring (bicyclic) bond motifs is 1. The predicted molar refractivity (Wildman–Crippen MR) is 50.7 cm³/mol. The molecule has 2 aliphatic carbocycles. The fourth-order valence-corrected chi connectivity index (χ4v) is 2.86. The molecule has 0 aromatic carbocycles. The Hall–Kier alpha value is 0.370. The summed E-state index contributed by atoms with van der Waals surface area (Å²) in [7, 11) is 0. The van der Waals surface area contributed by atoms with E-state index in [1.165, 1.54) is 0 Å². The topological polar surface area (TPSA) is 17.1 Å². The Balaban J connectivity index is 2.25. The normalized spacial score (nSPS) is 40.2. The van der Waals surface area contributed by atoms with Crippen molar-refractivity contribution in [3.63, 3.8) is 0 Å². The van der Waals surface area contributed by atoms with Gasteiger partial charge in [0.1, 0.15) is 5.78 Å². The van der Waals surface area contributed by atoms with Crippen molar-refractivity contribution in [2.45, 2.75) is 19.3 Å². The van der Waals surface area contributed by atoms with Gasteiger partial charge in [0.15, 0.2) is 0 Å². The number of rotatable bonds is 1. The van der Waals surface area contributed by atoms with Crippen LogP contribution in [0.15, 0.2) is 9.47 Å². The van der Waals surface area contributed by atoms with Crippen molar-refractivity contribution in [2.75, 3.05) is 0 Å². The molecule has 0 N–H and O–H groups in total. The van der Waals surface area contributed by atoms with E-state index in [2.05, 4.69) is 31.9 Å². The van der Waals surface area contributed by atoms with E-state index in [1.54, 1.807) is 0 Å². The smallest absolute Gasteiger partial charge is 0.143 e. The average molecular weight is 280 g/mol. The molecule has 11 heavy (non-hydrogen) atoms. The fourth-order valence-electron chi connectivity index (χ4n) is 2.04. The Morgan fingerprint density at radius 2 is 2.36 bits per heavy atom. The van der Waals surface area contributed by atoms with E-state index in [-0.39, 0.29) is 5.41 Å². The summed E-state index contributed by atoms with van der Waals surface area (Å²) in [4.78, 5) is 11.4. The van der Waals surface area contributed by atoms with E-state index in [0.717, 1.165) is 22.7 Å². The van der Waals surface area contributed by atoms with Gasteiger partial charge in [-0.05, 0) is 56.7 Å². The molecular formula is C8H8Br2O. The maximum absolute atomic E-state index is 11.4. The third-order valence-electron chi connectivity index (χ3n) is 2.76. The van der Waals surface area contributed by atoms with Crippen molar-refractivity contribution >= 4 is 37.6 Å². The minimum Gasteiger partial charge on any atom is -0.299 e. The molecule has 0 unspecified atom stereocenters. The molecule has 60 valence electrons. The van der Waals surface area contributed by atoms with Crippen molar-refractivity contribution in [2.24, 2.45) is 11.3 Å². The van der Waals surface area contributed by atoms with E-state index in [9.17, 15) is 4.79 Å². The highest BCUT2D eigenvalue weighted by molar-refractivity contribution is 9.28. The van der Waals surface area contributed by atoms with Crippen molar-refractivity contribution in [1.29, 1.82) is 0 Å². The molecule has 2 fully saturated rings. The molecule has 0 aromatic rings. The number of hydrogen-bond acceptors (Lipinski definition) is 1. The van der Waals surface area contributed by atoms with Gasteiger partial charge in [-0.25, -0.2) is 0 Å². The summed E-state index contributed by atoms with van der Waals surface area (Å²) in [6.07, 6.45) is 4.98. The van der Waals surface area contributed by atoms with Gasteiger partial charge in [-0.3, -0.25) is 4.79 Å². The van der Waals surface area contributed by atoms with Gasteiger partial charge in [0.05, 0.1) is 8.81 Å². The van der Waals surface area contributed by atoms with Crippen LogP contribution in [0, 0.1) is 11.3 Å². The Bertz CT molecular complexity index is 242. The van der Waals surface area contributed by atoms with E-state index >= 15 is 0 Å². The lowest BCUT2D eigenvalue weighted by molar-refractivity contribution is -0.121. The first-order valence-electron chi connectivity index (χ1n) is 3.72. The van der Waals surface area contributed by atoms with Crippen LogP contribution in [0.25, 0.3) is 0 Å². The molecule has 0 spiro atoms. The molecule has 0 aromatic heterocycles. The van der Waals surface area contributed by atoms with Gasteiger partial charge in [-0.1, -0.05) is 0 Å². The maximum atomic E-state index is 11.4. The summed E-state index contributed by atoms with van der Waals surface area (Å²) in [6.45, 7) is 0. The average Bonchev–Trinajstić information content (AvgIpc) is 2.51. The van der Waals surface area contributed by atoms with E-state index in [1.807, 2.05) is 6.08 Å². The molecule has 0 amide bonds. The predicted octanol–water partition coefficient (Wildman–Crippen LogP) is 2.99. The van der Waals surface area contributed by atoms with Gasteiger partial charge in [0, 0.05) is 6.42 Å². The highest BCUT2D eigenvalue weighted by atomic mass is 79.9. The second-order valence-corrected chi connectivity index (χ2v) is 6.11. The van der Waals surface area contributed by atoms with Crippen LogP contribution in [0.5, 0.6) is 0 Å². The number of hydrogen-bond donors (Lipinski definition) is 0. The molecule has 0 radical (unpaired) electrons. The lowest BCUT2D eigenvalue weighted by atomic mass is 10.0. The molecule has 2 saturated carbocycles. The van der Waals surface area contributed by atoms with Crippen molar-refractivity contribution in [3.05, 3.63) is 9.47 Å². The Kier molecular flexibility index (Phi) is 1.76. The van der Waals surface area contributed by atoms with Gasteiger partial charge in [-0.15, -0.1) is 0 Å². The molecule has 3 heteroatoms. The Labute approximate surface area is 82.5 Å². The van der Waals surface area contributed by atoms with Crippen LogP contribution >= 0.6 is 31.9 Å². The Morgan fingerprint density at radius 3 is 2.73 bits per heavy atom. The maximum Gasteiger partial charge on any atom is 0.143 e. The van der Waals surface area contributed by atoms with Crippen LogP contribution in [0.4, 0.5) is 0 Å². The summed E-state index contributed by atoms with van der Waals surface area (Å²) in [5.41, 5.74) is -0.0532.